The molecule has 0 radical (unpaired) electrons. The van der Waals surface area contributed by atoms with Crippen molar-refractivity contribution in [2.45, 2.75) is 19.8 Å². The molecule has 5 heteroatoms. The molecule has 15 heavy (non-hydrogen) atoms. The first-order valence-corrected chi connectivity index (χ1v) is 5.31. The average Bonchev–Trinajstić information content (AvgIpc) is 2.18. The van der Waals surface area contributed by atoms with Crippen molar-refractivity contribution >= 4 is 11.9 Å². The van der Waals surface area contributed by atoms with Gasteiger partial charge in [-0.25, -0.2) is 0 Å². The van der Waals surface area contributed by atoms with Crippen LogP contribution in [0, 0.1) is 0 Å². The number of hydrogen-bond acceptors (Lipinski definition) is 4. The summed E-state index contributed by atoms with van der Waals surface area (Å²) in [7, 11) is 2.14. The van der Waals surface area contributed by atoms with E-state index in [9.17, 15) is 0 Å². The maximum atomic E-state index is 9.00. The minimum atomic E-state index is -0.833. The number of nitrogens with zero attached hydrogens (tertiary/aromatic N) is 3. The third-order valence-electron chi connectivity index (χ3n) is 2.39. The number of fused-ring (bicyclic) bond motifs is 1. The molecule has 1 saturated heterocycles. The molecule has 2 rings (SSSR count). The van der Waals surface area contributed by atoms with Crippen molar-refractivity contribution in [3.8, 4) is 0 Å². The van der Waals surface area contributed by atoms with Crippen LogP contribution in [0.15, 0.2) is 4.99 Å². The Balaban J connectivity index is 0.000000245. The molecule has 5 nitrogen and oxygen atoms in total. The molecule has 0 atom stereocenters. The molecule has 0 amide bonds. The predicted octanol–water partition coefficient (Wildman–Crippen LogP) is 0.474. The van der Waals surface area contributed by atoms with Crippen molar-refractivity contribution in [2.24, 2.45) is 4.99 Å². The van der Waals surface area contributed by atoms with Crippen LogP contribution in [0.1, 0.15) is 19.8 Å². The Bertz CT molecular complexity index is 249. The summed E-state index contributed by atoms with van der Waals surface area (Å²) in [6.45, 7) is 5.71. The summed E-state index contributed by atoms with van der Waals surface area (Å²) in [5.74, 6) is 0.391. The molecule has 0 spiro atoms. The van der Waals surface area contributed by atoms with Crippen molar-refractivity contribution in [1.29, 1.82) is 0 Å². The van der Waals surface area contributed by atoms with Crippen LogP contribution in [0.3, 0.4) is 0 Å². The monoisotopic (exact) mass is 213 g/mol. The van der Waals surface area contributed by atoms with E-state index in [1.165, 1.54) is 38.4 Å². The van der Waals surface area contributed by atoms with Gasteiger partial charge in [0.05, 0.1) is 0 Å². The van der Waals surface area contributed by atoms with Gasteiger partial charge in [0, 0.05) is 40.2 Å². The number of hydrogen-bond donors (Lipinski definition) is 1. The molecular weight excluding hydrogens is 194 g/mol. The first-order chi connectivity index (χ1) is 7.11. The average molecular weight is 213 g/mol. The molecular formula is C10H19N3O2. The predicted molar refractivity (Wildman–Crippen MR) is 59.0 cm³/mol. The molecule has 2 aliphatic rings. The van der Waals surface area contributed by atoms with Gasteiger partial charge in [-0.3, -0.25) is 9.79 Å². The molecule has 0 unspecified atom stereocenters. The summed E-state index contributed by atoms with van der Waals surface area (Å²) in [6, 6.07) is 0. The molecule has 0 bridgehead atoms. The highest BCUT2D eigenvalue weighted by Gasteiger charge is 2.22. The van der Waals surface area contributed by atoms with Gasteiger partial charge in [-0.05, 0) is 12.8 Å². The lowest BCUT2D eigenvalue weighted by atomic mass is 10.2. The molecule has 0 aromatic carbocycles. The van der Waals surface area contributed by atoms with E-state index in [-0.39, 0.29) is 0 Å². The lowest BCUT2D eigenvalue weighted by Crippen LogP contribution is -2.50. The lowest BCUT2D eigenvalue weighted by molar-refractivity contribution is -0.134. The Labute approximate surface area is 90.4 Å². The van der Waals surface area contributed by atoms with Gasteiger partial charge >= 0.3 is 0 Å². The second-order valence-corrected chi connectivity index (χ2v) is 3.82. The summed E-state index contributed by atoms with van der Waals surface area (Å²) < 4.78 is 0. The van der Waals surface area contributed by atoms with Crippen molar-refractivity contribution < 1.29 is 9.90 Å². The first-order valence-electron chi connectivity index (χ1n) is 5.31. The molecule has 86 valence electrons. The largest absolute Gasteiger partial charge is 0.481 e. The molecule has 2 heterocycles. The first kappa shape index (κ1) is 11.8. The smallest absolute Gasteiger partial charge is 0.300 e. The Kier molecular flexibility index (Phi) is 4.39. The standard InChI is InChI=1S/C8H15N3.C2H4O2/c1-10-5-3-7-11-6-2-4-9-8(10)11;1-2(3)4/h2-7H2,1H3;1H3,(H,3,4). The van der Waals surface area contributed by atoms with E-state index in [1.807, 2.05) is 0 Å². The SMILES string of the molecule is CC(=O)O.CN1CCCN2CCCN=C12. The summed E-state index contributed by atoms with van der Waals surface area (Å²) in [5, 5.41) is 7.42. The van der Waals surface area contributed by atoms with Crippen LogP contribution in [0.25, 0.3) is 0 Å². The van der Waals surface area contributed by atoms with Gasteiger partial charge in [0.1, 0.15) is 0 Å². The highest BCUT2D eigenvalue weighted by atomic mass is 16.4. The zero-order valence-electron chi connectivity index (χ0n) is 9.44. The maximum Gasteiger partial charge on any atom is 0.300 e. The number of carbonyl (C=O) groups is 1. The van der Waals surface area contributed by atoms with Gasteiger partial charge in [-0.1, -0.05) is 0 Å². The van der Waals surface area contributed by atoms with Crippen LogP contribution in [-0.4, -0.2) is 60.1 Å². The van der Waals surface area contributed by atoms with E-state index in [0.717, 1.165) is 13.5 Å². The summed E-state index contributed by atoms with van der Waals surface area (Å²) >= 11 is 0. The van der Waals surface area contributed by atoms with Crippen LogP contribution in [0.4, 0.5) is 0 Å². The minimum absolute atomic E-state index is 0.833. The van der Waals surface area contributed by atoms with E-state index in [2.05, 4.69) is 21.8 Å². The fraction of sp³-hybridized carbons (Fsp3) is 0.800. The van der Waals surface area contributed by atoms with E-state index in [1.54, 1.807) is 0 Å². The van der Waals surface area contributed by atoms with Crippen LogP contribution < -0.4 is 0 Å². The van der Waals surface area contributed by atoms with Crippen LogP contribution in [0.2, 0.25) is 0 Å². The van der Waals surface area contributed by atoms with Gasteiger partial charge in [-0.2, -0.15) is 0 Å². The van der Waals surface area contributed by atoms with E-state index < -0.39 is 5.97 Å². The zero-order chi connectivity index (χ0) is 11.3. The third kappa shape index (κ3) is 3.77. The van der Waals surface area contributed by atoms with Crippen molar-refractivity contribution in [1.82, 2.24) is 9.80 Å². The number of aliphatic carboxylic acids is 1. The van der Waals surface area contributed by atoms with Crippen LogP contribution in [-0.2, 0) is 4.79 Å². The van der Waals surface area contributed by atoms with E-state index >= 15 is 0 Å². The Morgan fingerprint density at radius 2 is 1.93 bits per heavy atom. The molecule has 2 aliphatic heterocycles. The number of aliphatic imine (C=N–C) groups is 1. The van der Waals surface area contributed by atoms with Crippen LogP contribution in [0.5, 0.6) is 0 Å². The van der Waals surface area contributed by atoms with Gasteiger partial charge in [0.2, 0.25) is 0 Å². The normalized spacial score (nSPS) is 19.7. The molecule has 1 N–H and O–H groups in total. The molecule has 0 aromatic rings. The maximum absolute atomic E-state index is 9.00. The van der Waals surface area contributed by atoms with Gasteiger partial charge in [0.25, 0.3) is 5.97 Å². The van der Waals surface area contributed by atoms with Gasteiger partial charge in [-0.15, -0.1) is 0 Å². The van der Waals surface area contributed by atoms with Crippen molar-refractivity contribution in [3.05, 3.63) is 0 Å². The Morgan fingerprint density at radius 3 is 2.53 bits per heavy atom. The van der Waals surface area contributed by atoms with Crippen LogP contribution >= 0.6 is 0 Å². The number of carboxylic acids is 1. The van der Waals surface area contributed by atoms with Crippen molar-refractivity contribution in [3.63, 3.8) is 0 Å². The second-order valence-electron chi connectivity index (χ2n) is 3.82. The van der Waals surface area contributed by atoms with E-state index in [0.29, 0.717) is 0 Å². The quantitative estimate of drug-likeness (QED) is 0.635. The number of guanidine groups is 1. The fourth-order valence-electron chi connectivity index (χ4n) is 1.81. The van der Waals surface area contributed by atoms with E-state index in [4.69, 9.17) is 9.90 Å². The molecule has 0 aliphatic carbocycles. The summed E-state index contributed by atoms with van der Waals surface area (Å²) in [4.78, 5) is 18.2. The second kappa shape index (κ2) is 5.58. The lowest BCUT2D eigenvalue weighted by Gasteiger charge is -2.39. The zero-order valence-corrected chi connectivity index (χ0v) is 9.44. The summed E-state index contributed by atoms with van der Waals surface area (Å²) in [6.07, 6.45) is 2.52. The highest BCUT2D eigenvalue weighted by molar-refractivity contribution is 5.81. The molecule has 0 aromatic heterocycles. The summed E-state index contributed by atoms with van der Waals surface area (Å²) in [5.41, 5.74) is 0. The molecule has 0 saturated carbocycles. The Morgan fingerprint density at radius 1 is 1.33 bits per heavy atom. The number of rotatable bonds is 0. The topological polar surface area (TPSA) is 56.1 Å². The Hall–Kier alpha value is -1.26. The fourth-order valence-corrected chi connectivity index (χ4v) is 1.81. The van der Waals surface area contributed by atoms with Crippen molar-refractivity contribution in [2.75, 3.05) is 33.2 Å². The van der Waals surface area contributed by atoms with Gasteiger partial charge < -0.3 is 14.9 Å². The highest BCUT2D eigenvalue weighted by Crippen LogP contribution is 2.11. The molecule has 1 fully saturated rings. The number of carboxylic acid groups (broad SMARTS) is 1. The minimum Gasteiger partial charge on any atom is -0.481 e. The van der Waals surface area contributed by atoms with Gasteiger partial charge in [0.15, 0.2) is 5.96 Å². The third-order valence-corrected chi connectivity index (χ3v) is 2.39.